The maximum absolute atomic E-state index is 11.9. The summed E-state index contributed by atoms with van der Waals surface area (Å²) in [4.78, 5) is 13.4. The third-order valence-corrected chi connectivity index (χ3v) is 4.09. The van der Waals surface area contributed by atoms with Gasteiger partial charge in [0.1, 0.15) is 0 Å². The smallest absolute Gasteiger partial charge is 0.253 e. The monoisotopic (exact) mass is 355 g/mol. The fourth-order valence-electron chi connectivity index (χ4n) is 2.38. The molecule has 0 aliphatic heterocycles. The predicted molar refractivity (Wildman–Crippen MR) is 108 cm³/mol. The fourth-order valence-corrected chi connectivity index (χ4v) is 2.60. The largest absolute Gasteiger partial charge is 0.362 e. The van der Waals surface area contributed by atoms with Gasteiger partial charge in [0.25, 0.3) is 5.91 Å². The molecular formula is C20H25N3OS. The molecule has 25 heavy (non-hydrogen) atoms. The summed E-state index contributed by atoms with van der Waals surface area (Å²) in [6.07, 6.45) is 2.04. The maximum Gasteiger partial charge on any atom is 0.253 e. The zero-order valence-corrected chi connectivity index (χ0v) is 15.8. The molecule has 0 saturated carbocycles. The van der Waals surface area contributed by atoms with E-state index in [1.807, 2.05) is 12.1 Å². The minimum atomic E-state index is -0.0108. The van der Waals surface area contributed by atoms with E-state index in [2.05, 4.69) is 41.8 Å². The number of carbonyl (C=O) groups is 1. The minimum absolute atomic E-state index is 0.0108. The second-order valence-electron chi connectivity index (χ2n) is 6.25. The molecule has 0 atom stereocenters. The lowest BCUT2D eigenvalue weighted by molar-refractivity contribution is 0.0827. The van der Waals surface area contributed by atoms with Gasteiger partial charge in [-0.2, -0.15) is 0 Å². The van der Waals surface area contributed by atoms with Gasteiger partial charge < -0.3 is 15.5 Å². The Labute approximate surface area is 155 Å². The topological polar surface area (TPSA) is 44.4 Å². The van der Waals surface area contributed by atoms with Crippen molar-refractivity contribution < 1.29 is 4.79 Å². The van der Waals surface area contributed by atoms with Crippen LogP contribution in [0.15, 0.2) is 48.5 Å². The average Bonchev–Trinajstić information content (AvgIpc) is 2.60. The number of benzene rings is 2. The highest BCUT2D eigenvalue weighted by atomic mass is 32.1. The SMILES string of the molecule is Cc1ccc(CCCNC(=S)Nc2ccc(C(=O)N(C)C)cc2)cc1. The molecule has 2 rings (SSSR count). The van der Waals surface area contributed by atoms with Crippen molar-refractivity contribution in [2.75, 3.05) is 26.0 Å². The van der Waals surface area contributed by atoms with Gasteiger partial charge in [-0.15, -0.1) is 0 Å². The van der Waals surface area contributed by atoms with E-state index in [1.165, 1.54) is 11.1 Å². The van der Waals surface area contributed by atoms with Crippen molar-refractivity contribution in [2.45, 2.75) is 19.8 Å². The van der Waals surface area contributed by atoms with E-state index in [1.54, 1.807) is 31.1 Å². The van der Waals surface area contributed by atoms with Crippen LogP contribution in [0.3, 0.4) is 0 Å². The number of anilines is 1. The summed E-state index contributed by atoms with van der Waals surface area (Å²) in [6, 6.07) is 15.9. The van der Waals surface area contributed by atoms with Crippen LogP contribution in [-0.2, 0) is 6.42 Å². The first-order valence-corrected chi connectivity index (χ1v) is 8.78. The summed E-state index contributed by atoms with van der Waals surface area (Å²) < 4.78 is 0. The third-order valence-electron chi connectivity index (χ3n) is 3.84. The van der Waals surface area contributed by atoms with Gasteiger partial charge in [0.2, 0.25) is 0 Å². The Morgan fingerprint density at radius 3 is 2.28 bits per heavy atom. The van der Waals surface area contributed by atoms with Crippen molar-refractivity contribution in [3.05, 3.63) is 65.2 Å². The van der Waals surface area contributed by atoms with Crippen LogP contribution in [0.2, 0.25) is 0 Å². The summed E-state index contributed by atoms with van der Waals surface area (Å²) >= 11 is 5.31. The highest BCUT2D eigenvalue weighted by Gasteiger charge is 2.07. The molecule has 2 aromatic rings. The van der Waals surface area contributed by atoms with E-state index in [-0.39, 0.29) is 5.91 Å². The lowest BCUT2D eigenvalue weighted by Crippen LogP contribution is -2.29. The molecule has 0 aliphatic carbocycles. The van der Waals surface area contributed by atoms with Crippen molar-refractivity contribution in [2.24, 2.45) is 0 Å². The Balaban J connectivity index is 1.73. The van der Waals surface area contributed by atoms with Gasteiger partial charge in [-0.3, -0.25) is 4.79 Å². The molecule has 0 saturated heterocycles. The van der Waals surface area contributed by atoms with Crippen LogP contribution in [0.1, 0.15) is 27.9 Å². The predicted octanol–water partition coefficient (Wildman–Crippen LogP) is 3.62. The van der Waals surface area contributed by atoms with Crippen LogP contribution >= 0.6 is 12.2 Å². The van der Waals surface area contributed by atoms with Crippen molar-refractivity contribution in [3.8, 4) is 0 Å². The van der Waals surface area contributed by atoms with Crippen LogP contribution < -0.4 is 10.6 Å². The van der Waals surface area contributed by atoms with Crippen LogP contribution in [0.4, 0.5) is 5.69 Å². The normalized spacial score (nSPS) is 10.2. The molecule has 132 valence electrons. The number of hydrogen-bond acceptors (Lipinski definition) is 2. The highest BCUT2D eigenvalue weighted by molar-refractivity contribution is 7.80. The van der Waals surface area contributed by atoms with Crippen molar-refractivity contribution in [3.63, 3.8) is 0 Å². The standard InChI is InChI=1S/C20H25N3OS/c1-15-6-8-16(9-7-15)5-4-14-21-20(25)22-18-12-10-17(11-13-18)19(24)23(2)3/h6-13H,4-5,14H2,1-3H3,(H2,21,22,25). The number of carbonyl (C=O) groups excluding carboxylic acids is 1. The van der Waals surface area contributed by atoms with E-state index in [0.717, 1.165) is 25.1 Å². The van der Waals surface area contributed by atoms with E-state index in [4.69, 9.17) is 12.2 Å². The zero-order valence-electron chi connectivity index (χ0n) is 15.0. The quantitative estimate of drug-likeness (QED) is 0.614. The molecule has 5 heteroatoms. The van der Waals surface area contributed by atoms with Gasteiger partial charge >= 0.3 is 0 Å². The number of nitrogens with zero attached hydrogens (tertiary/aromatic N) is 1. The van der Waals surface area contributed by atoms with E-state index >= 15 is 0 Å². The molecule has 0 aliphatic rings. The van der Waals surface area contributed by atoms with E-state index in [0.29, 0.717) is 10.7 Å². The Morgan fingerprint density at radius 1 is 1.04 bits per heavy atom. The molecule has 0 bridgehead atoms. The summed E-state index contributed by atoms with van der Waals surface area (Å²) in [5.41, 5.74) is 4.15. The fraction of sp³-hybridized carbons (Fsp3) is 0.300. The number of thiocarbonyl (C=S) groups is 1. The lowest BCUT2D eigenvalue weighted by Gasteiger charge is -2.12. The summed E-state index contributed by atoms with van der Waals surface area (Å²) in [6.45, 7) is 2.91. The Kier molecular flexibility index (Phi) is 6.95. The van der Waals surface area contributed by atoms with Gasteiger partial charge in [0, 0.05) is 31.9 Å². The molecule has 0 spiro atoms. The van der Waals surface area contributed by atoms with E-state index < -0.39 is 0 Å². The molecule has 0 fully saturated rings. The first kappa shape index (κ1) is 18.9. The Bertz CT molecular complexity index is 709. The Morgan fingerprint density at radius 2 is 1.68 bits per heavy atom. The molecule has 0 aromatic heterocycles. The van der Waals surface area contributed by atoms with Crippen LogP contribution in [0, 0.1) is 6.92 Å². The molecule has 2 aromatic carbocycles. The summed E-state index contributed by atoms with van der Waals surface area (Å²) in [5.74, 6) is -0.0108. The number of rotatable bonds is 6. The number of hydrogen-bond donors (Lipinski definition) is 2. The number of nitrogens with one attached hydrogen (secondary N) is 2. The summed E-state index contributed by atoms with van der Waals surface area (Å²) in [5, 5.41) is 6.95. The Hall–Kier alpha value is -2.40. The van der Waals surface area contributed by atoms with Gasteiger partial charge in [-0.1, -0.05) is 29.8 Å². The highest BCUT2D eigenvalue weighted by Crippen LogP contribution is 2.11. The van der Waals surface area contributed by atoms with Gasteiger partial charge in [-0.05, 0) is 61.8 Å². The second kappa shape index (κ2) is 9.18. The van der Waals surface area contributed by atoms with Crippen molar-refractivity contribution >= 4 is 28.9 Å². The zero-order chi connectivity index (χ0) is 18.2. The second-order valence-corrected chi connectivity index (χ2v) is 6.66. The molecule has 4 nitrogen and oxygen atoms in total. The first-order chi connectivity index (χ1) is 12.0. The molecule has 2 N–H and O–H groups in total. The molecule has 0 unspecified atom stereocenters. The van der Waals surface area contributed by atoms with Crippen molar-refractivity contribution in [1.29, 1.82) is 0 Å². The minimum Gasteiger partial charge on any atom is -0.362 e. The van der Waals surface area contributed by atoms with E-state index in [9.17, 15) is 4.79 Å². The van der Waals surface area contributed by atoms with Crippen LogP contribution in [0.5, 0.6) is 0 Å². The number of amides is 1. The molecular weight excluding hydrogens is 330 g/mol. The molecule has 1 amide bonds. The van der Waals surface area contributed by atoms with Crippen molar-refractivity contribution in [1.82, 2.24) is 10.2 Å². The third kappa shape index (κ3) is 6.19. The van der Waals surface area contributed by atoms with Gasteiger partial charge in [0.05, 0.1) is 0 Å². The van der Waals surface area contributed by atoms with Crippen LogP contribution in [0.25, 0.3) is 0 Å². The first-order valence-electron chi connectivity index (χ1n) is 8.38. The summed E-state index contributed by atoms with van der Waals surface area (Å²) in [7, 11) is 3.48. The molecule has 0 radical (unpaired) electrons. The lowest BCUT2D eigenvalue weighted by atomic mass is 10.1. The maximum atomic E-state index is 11.9. The number of aryl methyl sites for hydroxylation is 2. The van der Waals surface area contributed by atoms with Gasteiger partial charge in [-0.25, -0.2) is 0 Å². The van der Waals surface area contributed by atoms with Gasteiger partial charge in [0.15, 0.2) is 5.11 Å². The van der Waals surface area contributed by atoms with Crippen LogP contribution in [-0.4, -0.2) is 36.6 Å². The average molecular weight is 356 g/mol. The molecule has 0 heterocycles.